The summed E-state index contributed by atoms with van der Waals surface area (Å²) in [6.45, 7) is 12.5. The highest BCUT2D eigenvalue weighted by atomic mass is 32.2. The van der Waals surface area contributed by atoms with Gasteiger partial charge in [0.2, 0.25) is 0 Å². The molecule has 1 aliphatic heterocycles. The quantitative estimate of drug-likeness (QED) is 0.826. The molecule has 0 aliphatic carbocycles. The topological polar surface area (TPSA) is 15.3 Å². The summed E-state index contributed by atoms with van der Waals surface area (Å²) in [5, 5.41) is 4.40. The standard InChI is InChI=1S/C18H30N2S/c1-4-18-14-20(9-10-21-18)13-17-8-6-5-7-16(17)12-19-11-15(2)3/h5-8,15,18-19H,4,9-14H2,1-3H3. The van der Waals surface area contributed by atoms with Crippen molar-refractivity contribution in [3.63, 3.8) is 0 Å². The van der Waals surface area contributed by atoms with Crippen LogP contribution in [0.2, 0.25) is 0 Å². The highest BCUT2D eigenvalue weighted by Gasteiger charge is 2.19. The molecule has 2 rings (SSSR count). The Balaban J connectivity index is 1.92. The summed E-state index contributed by atoms with van der Waals surface area (Å²) in [6, 6.07) is 8.92. The summed E-state index contributed by atoms with van der Waals surface area (Å²) in [5.74, 6) is 1.99. The Labute approximate surface area is 134 Å². The Morgan fingerprint density at radius 3 is 2.76 bits per heavy atom. The lowest BCUT2D eigenvalue weighted by molar-refractivity contribution is 0.272. The van der Waals surface area contributed by atoms with E-state index >= 15 is 0 Å². The lowest BCUT2D eigenvalue weighted by atomic mass is 10.1. The van der Waals surface area contributed by atoms with Crippen molar-refractivity contribution in [3.8, 4) is 0 Å². The lowest BCUT2D eigenvalue weighted by Gasteiger charge is -2.32. The molecular formula is C18H30N2S. The molecule has 0 aromatic heterocycles. The van der Waals surface area contributed by atoms with Crippen LogP contribution in [0.15, 0.2) is 24.3 Å². The maximum absolute atomic E-state index is 3.58. The van der Waals surface area contributed by atoms with E-state index in [2.05, 4.69) is 67.0 Å². The van der Waals surface area contributed by atoms with Crippen LogP contribution in [-0.4, -0.2) is 35.5 Å². The fourth-order valence-corrected chi connectivity index (χ4v) is 4.04. The van der Waals surface area contributed by atoms with Crippen molar-refractivity contribution in [2.24, 2.45) is 5.92 Å². The van der Waals surface area contributed by atoms with Crippen molar-refractivity contribution < 1.29 is 0 Å². The SMILES string of the molecule is CCC1CN(Cc2ccccc2CNCC(C)C)CCS1. The van der Waals surface area contributed by atoms with Crippen molar-refractivity contribution in [3.05, 3.63) is 35.4 Å². The summed E-state index contributed by atoms with van der Waals surface area (Å²) in [4.78, 5) is 2.63. The van der Waals surface area contributed by atoms with Gasteiger partial charge in [0.25, 0.3) is 0 Å². The molecule has 21 heavy (non-hydrogen) atoms. The third-order valence-corrected chi connectivity index (χ3v) is 5.43. The molecule has 1 fully saturated rings. The molecule has 1 aliphatic rings. The Hall–Kier alpha value is -0.510. The number of hydrogen-bond donors (Lipinski definition) is 1. The zero-order valence-electron chi connectivity index (χ0n) is 13.8. The minimum atomic E-state index is 0.710. The molecule has 1 unspecified atom stereocenters. The highest BCUT2D eigenvalue weighted by molar-refractivity contribution is 8.00. The molecule has 1 heterocycles. The van der Waals surface area contributed by atoms with E-state index in [1.807, 2.05) is 0 Å². The van der Waals surface area contributed by atoms with Gasteiger partial charge in [0.15, 0.2) is 0 Å². The average molecular weight is 307 g/mol. The minimum absolute atomic E-state index is 0.710. The van der Waals surface area contributed by atoms with Crippen LogP contribution in [0.4, 0.5) is 0 Å². The third kappa shape index (κ3) is 5.65. The summed E-state index contributed by atoms with van der Waals surface area (Å²) in [7, 11) is 0. The maximum Gasteiger partial charge on any atom is 0.0237 e. The normalized spacial score (nSPS) is 20.1. The fraction of sp³-hybridized carbons (Fsp3) is 0.667. The van der Waals surface area contributed by atoms with Crippen LogP contribution in [0.25, 0.3) is 0 Å². The van der Waals surface area contributed by atoms with Crippen LogP contribution in [0.3, 0.4) is 0 Å². The van der Waals surface area contributed by atoms with Gasteiger partial charge in [0.1, 0.15) is 0 Å². The van der Waals surface area contributed by atoms with Crippen LogP contribution in [0.1, 0.15) is 38.3 Å². The monoisotopic (exact) mass is 306 g/mol. The van der Waals surface area contributed by atoms with Crippen molar-refractivity contribution in [2.75, 3.05) is 25.4 Å². The lowest BCUT2D eigenvalue weighted by Crippen LogP contribution is -2.37. The molecular weight excluding hydrogens is 276 g/mol. The zero-order chi connectivity index (χ0) is 15.1. The summed E-state index contributed by atoms with van der Waals surface area (Å²) < 4.78 is 0. The molecule has 0 spiro atoms. The van der Waals surface area contributed by atoms with Crippen molar-refractivity contribution >= 4 is 11.8 Å². The van der Waals surface area contributed by atoms with Crippen molar-refractivity contribution in [1.82, 2.24) is 10.2 Å². The van der Waals surface area contributed by atoms with E-state index in [-0.39, 0.29) is 0 Å². The molecule has 2 nitrogen and oxygen atoms in total. The van der Waals surface area contributed by atoms with E-state index in [1.54, 1.807) is 0 Å². The van der Waals surface area contributed by atoms with Crippen molar-refractivity contribution in [1.29, 1.82) is 0 Å². The first-order chi connectivity index (χ1) is 10.2. The number of nitrogens with zero attached hydrogens (tertiary/aromatic N) is 1. The second-order valence-electron chi connectivity index (χ2n) is 6.43. The highest BCUT2D eigenvalue weighted by Crippen LogP contribution is 2.23. The Morgan fingerprint density at radius 1 is 1.29 bits per heavy atom. The Kier molecular flexibility index (Phi) is 7.08. The number of thioether (sulfide) groups is 1. The van der Waals surface area contributed by atoms with E-state index < -0.39 is 0 Å². The van der Waals surface area contributed by atoms with E-state index in [9.17, 15) is 0 Å². The Bertz CT molecular complexity index is 419. The Morgan fingerprint density at radius 2 is 2.05 bits per heavy atom. The first-order valence-electron chi connectivity index (χ1n) is 8.30. The van der Waals surface area contributed by atoms with Crippen LogP contribution in [0, 0.1) is 5.92 Å². The second kappa shape index (κ2) is 8.82. The number of hydrogen-bond acceptors (Lipinski definition) is 3. The third-order valence-electron chi connectivity index (χ3n) is 4.06. The van der Waals surface area contributed by atoms with E-state index in [0.29, 0.717) is 5.92 Å². The molecule has 1 aromatic rings. The second-order valence-corrected chi connectivity index (χ2v) is 7.84. The minimum Gasteiger partial charge on any atom is -0.312 e. The largest absolute Gasteiger partial charge is 0.312 e. The molecule has 1 saturated heterocycles. The summed E-state index contributed by atoms with van der Waals surface area (Å²) in [6.07, 6.45) is 1.29. The van der Waals surface area contributed by atoms with Gasteiger partial charge in [0, 0.05) is 37.2 Å². The van der Waals surface area contributed by atoms with Gasteiger partial charge in [0.05, 0.1) is 0 Å². The van der Waals surface area contributed by atoms with Crippen LogP contribution < -0.4 is 5.32 Å². The number of benzene rings is 1. The van der Waals surface area contributed by atoms with E-state index in [1.165, 1.54) is 36.4 Å². The number of nitrogens with one attached hydrogen (secondary N) is 1. The molecule has 0 bridgehead atoms. The van der Waals surface area contributed by atoms with Gasteiger partial charge in [-0.15, -0.1) is 0 Å². The molecule has 0 amide bonds. The predicted octanol–water partition coefficient (Wildman–Crippen LogP) is 3.76. The number of rotatable bonds is 7. The molecule has 3 heteroatoms. The van der Waals surface area contributed by atoms with Crippen LogP contribution >= 0.6 is 11.8 Å². The molecule has 1 aromatic carbocycles. The van der Waals surface area contributed by atoms with Gasteiger partial charge in [-0.1, -0.05) is 45.0 Å². The van der Waals surface area contributed by atoms with Gasteiger partial charge in [-0.05, 0) is 30.0 Å². The fourth-order valence-electron chi connectivity index (χ4n) is 2.79. The van der Waals surface area contributed by atoms with Gasteiger partial charge in [-0.25, -0.2) is 0 Å². The van der Waals surface area contributed by atoms with Crippen LogP contribution in [0.5, 0.6) is 0 Å². The van der Waals surface area contributed by atoms with Crippen molar-refractivity contribution in [2.45, 2.75) is 45.5 Å². The summed E-state index contributed by atoms with van der Waals surface area (Å²) in [5.41, 5.74) is 2.96. The smallest absolute Gasteiger partial charge is 0.0237 e. The van der Waals surface area contributed by atoms with Gasteiger partial charge in [-0.3, -0.25) is 4.90 Å². The van der Waals surface area contributed by atoms with E-state index in [0.717, 1.165) is 24.9 Å². The molecule has 0 saturated carbocycles. The maximum atomic E-state index is 3.58. The van der Waals surface area contributed by atoms with Gasteiger partial charge >= 0.3 is 0 Å². The summed E-state index contributed by atoms with van der Waals surface area (Å²) >= 11 is 2.14. The van der Waals surface area contributed by atoms with Gasteiger partial charge < -0.3 is 5.32 Å². The van der Waals surface area contributed by atoms with Gasteiger partial charge in [-0.2, -0.15) is 11.8 Å². The van der Waals surface area contributed by atoms with Crippen LogP contribution in [-0.2, 0) is 13.1 Å². The molecule has 118 valence electrons. The molecule has 0 radical (unpaired) electrons. The zero-order valence-corrected chi connectivity index (χ0v) is 14.6. The molecule has 1 N–H and O–H groups in total. The van der Waals surface area contributed by atoms with E-state index in [4.69, 9.17) is 0 Å². The molecule has 1 atom stereocenters. The first-order valence-corrected chi connectivity index (χ1v) is 9.35. The average Bonchev–Trinajstić information content (AvgIpc) is 2.49. The first kappa shape index (κ1) is 16.9. The predicted molar refractivity (Wildman–Crippen MR) is 94.8 cm³/mol.